The number of hydrogen-bond donors (Lipinski definition) is 2. The summed E-state index contributed by atoms with van der Waals surface area (Å²) in [5.41, 5.74) is 1.44. The van der Waals surface area contributed by atoms with Crippen molar-refractivity contribution in [2.45, 2.75) is 22.4 Å². The van der Waals surface area contributed by atoms with Crippen LogP contribution in [0.15, 0.2) is 59.5 Å². The largest absolute Gasteiger partial charge is 0.388 e. The van der Waals surface area contributed by atoms with Gasteiger partial charge in [0.25, 0.3) is 0 Å². The molecule has 0 heterocycles. The fraction of sp³-hybridized carbons (Fsp3) is 0.200. The van der Waals surface area contributed by atoms with E-state index >= 15 is 0 Å². The number of hydrogen-bond acceptors (Lipinski definition) is 3. The average Bonchev–Trinajstić information content (AvgIpc) is 2.72. The van der Waals surface area contributed by atoms with Crippen LogP contribution in [0.3, 0.4) is 0 Å². The first-order valence-corrected chi connectivity index (χ1v) is 7.32. The summed E-state index contributed by atoms with van der Waals surface area (Å²) in [6.45, 7) is 0. The van der Waals surface area contributed by atoms with Crippen molar-refractivity contribution >= 4 is 10.8 Å². The highest BCUT2D eigenvalue weighted by atomic mass is 32.2. The van der Waals surface area contributed by atoms with Gasteiger partial charge >= 0.3 is 0 Å². The van der Waals surface area contributed by atoms with Crippen molar-refractivity contribution in [2.24, 2.45) is 0 Å². The topological polar surface area (TPSA) is 57.5 Å². The SMILES string of the molecule is O=[S@@](c1ccccc1)[C@@H]1c2ccccc2[C@H](O)[C@H]1O. The van der Waals surface area contributed by atoms with Crippen molar-refractivity contribution in [1.29, 1.82) is 0 Å². The monoisotopic (exact) mass is 274 g/mol. The lowest BCUT2D eigenvalue weighted by Crippen LogP contribution is -2.21. The van der Waals surface area contributed by atoms with Gasteiger partial charge in [0, 0.05) is 4.90 Å². The van der Waals surface area contributed by atoms with E-state index in [2.05, 4.69) is 0 Å². The van der Waals surface area contributed by atoms with Gasteiger partial charge in [0.2, 0.25) is 0 Å². The van der Waals surface area contributed by atoms with Crippen molar-refractivity contribution in [3.8, 4) is 0 Å². The summed E-state index contributed by atoms with van der Waals surface area (Å²) in [6.07, 6.45) is -1.99. The third-order valence-corrected chi connectivity index (χ3v) is 5.19. The van der Waals surface area contributed by atoms with Gasteiger partial charge in [-0.25, -0.2) is 0 Å². The number of aliphatic hydroxyl groups is 2. The van der Waals surface area contributed by atoms with E-state index in [1.165, 1.54) is 0 Å². The standard InChI is InChI=1S/C15H14O3S/c16-13-11-8-4-5-9-12(11)15(14(13)17)19(18)10-6-2-1-3-7-10/h1-9,13-17H/t13-,14+,15+,19-/m0/s1. The molecule has 0 bridgehead atoms. The van der Waals surface area contributed by atoms with Crippen molar-refractivity contribution in [3.63, 3.8) is 0 Å². The summed E-state index contributed by atoms with van der Waals surface area (Å²) in [6, 6.07) is 16.3. The molecule has 0 aliphatic heterocycles. The van der Waals surface area contributed by atoms with Crippen LogP contribution in [-0.4, -0.2) is 20.5 Å². The van der Waals surface area contributed by atoms with Gasteiger partial charge in [0.15, 0.2) is 0 Å². The van der Waals surface area contributed by atoms with Crippen LogP contribution in [0, 0.1) is 0 Å². The Morgan fingerprint density at radius 2 is 1.42 bits per heavy atom. The molecule has 0 fully saturated rings. The van der Waals surface area contributed by atoms with E-state index in [-0.39, 0.29) is 0 Å². The highest BCUT2D eigenvalue weighted by Gasteiger charge is 2.42. The summed E-state index contributed by atoms with van der Waals surface area (Å²) >= 11 is 0. The third kappa shape index (κ3) is 2.02. The summed E-state index contributed by atoms with van der Waals surface area (Å²) in [5, 5.41) is 19.6. The van der Waals surface area contributed by atoms with Gasteiger partial charge in [-0.3, -0.25) is 4.21 Å². The molecule has 1 aliphatic rings. The second kappa shape index (κ2) is 4.89. The quantitative estimate of drug-likeness (QED) is 0.880. The lowest BCUT2D eigenvalue weighted by Gasteiger charge is -2.16. The Balaban J connectivity index is 2.04. The molecule has 2 N–H and O–H groups in total. The molecule has 0 spiro atoms. The highest BCUT2D eigenvalue weighted by Crippen LogP contribution is 2.43. The molecule has 4 atom stereocenters. The molecule has 0 amide bonds. The zero-order chi connectivity index (χ0) is 13.4. The Bertz CT molecular complexity index is 612. The molecule has 3 rings (SSSR count). The first-order valence-electron chi connectivity index (χ1n) is 6.10. The molecule has 2 aromatic rings. The highest BCUT2D eigenvalue weighted by molar-refractivity contribution is 7.85. The fourth-order valence-corrected chi connectivity index (χ4v) is 4.08. The van der Waals surface area contributed by atoms with Crippen LogP contribution in [0.5, 0.6) is 0 Å². The summed E-state index contributed by atoms with van der Waals surface area (Å²) < 4.78 is 12.6. The number of rotatable bonds is 2. The molecule has 0 saturated carbocycles. The normalized spacial score (nSPS) is 26.9. The minimum Gasteiger partial charge on any atom is -0.388 e. The number of fused-ring (bicyclic) bond motifs is 1. The maximum Gasteiger partial charge on any atom is 0.107 e. The van der Waals surface area contributed by atoms with Crippen molar-refractivity contribution in [2.75, 3.05) is 0 Å². The lowest BCUT2D eigenvalue weighted by molar-refractivity contribution is 0.0303. The lowest BCUT2D eigenvalue weighted by atomic mass is 10.1. The van der Waals surface area contributed by atoms with Gasteiger partial charge < -0.3 is 10.2 Å². The second-order valence-electron chi connectivity index (χ2n) is 4.60. The summed E-state index contributed by atoms with van der Waals surface area (Å²) in [5.74, 6) is 0. The van der Waals surface area contributed by atoms with Gasteiger partial charge in [-0.15, -0.1) is 0 Å². The molecular formula is C15H14O3S. The van der Waals surface area contributed by atoms with Crippen LogP contribution in [0.4, 0.5) is 0 Å². The van der Waals surface area contributed by atoms with Crippen molar-refractivity contribution in [1.82, 2.24) is 0 Å². The maximum atomic E-state index is 12.6. The van der Waals surface area contributed by atoms with E-state index in [1.54, 1.807) is 18.2 Å². The number of benzene rings is 2. The molecule has 4 heteroatoms. The van der Waals surface area contributed by atoms with Gasteiger partial charge in [-0.1, -0.05) is 42.5 Å². The summed E-state index contributed by atoms with van der Waals surface area (Å²) in [7, 11) is -1.38. The molecule has 2 aromatic carbocycles. The second-order valence-corrected chi connectivity index (χ2v) is 6.17. The zero-order valence-corrected chi connectivity index (χ0v) is 11.0. The van der Waals surface area contributed by atoms with Crippen LogP contribution in [0.25, 0.3) is 0 Å². The Hall–Kier alpha value is -1.49. The van der Waals surface area contributed by atoms with E-state index < -0.39 is 28.3 Å². The average molecular weight is 274 g/mol. The molecule has 0 aromatic heterocycles. The molecule has 1 aliphatic carbocycles. The van der Waals surface area contributed by atoms with E-state index in [1.807, 2.05) is 36.4 Å². The van der Waals surface area contributed by atoms with Gasteiger partial charge in [-0.05, 0) is 23.3 Å². The smallest absolute Gasteiger partial charge is 0.107 e. The maximum absolute atomic E-state index is 12.6. The number of aliphatic hydroxyl groups excluding tert-OH is 2. The summed E-state index contributed by atoms with van der Waals surface area (Å²) in [4.78, 5) is 0.662. The predicted octanol–water partition coefficient (Wildman–Crippen LogP) is 1.94. The van der Waals surface area contributed by atoms with Crippen LogP contribution in [0.2, 0.25) is 0 Å². The molecule has 3 nitrogen and oxygen atoms in total. The van der Waals surface area contributed by atoms with E-state index in [9.17, 15) is 14.4 Å². The zero-order valence-electron chi connectivity index (χ0n) is 10.1. The Morgan fingerprint density at radius 1 is 0.842 bits per heavy atom. The molecular weight excluding hydrogens is 260 g/mol. The molecule has 0 unspecified atom stereocenters. The van der Waals surface area contributed by atoms with Crippen molar-refractivity contribution in [3.05, 3.63) is 65.7 Å². The fourth-order valence-electron chi connectivity index (χ4n) is 2.52. The molecule has 98 valence electrons. The first kappa shape index (κ1) is 12.5. The van der Waals surface area contributed by atoms with Crippen LogP contribution < -0.4 is 0 Å². The Labute approximate surface area is 114 Å². The predicted molar refractivity (Wildman–Crippen MR) is 73.0 cm³/mol. The van der Waals surface area contributed by atoms with Crippen LogP contribution >= 0.6 is 0 Å². The Kier molecular flexibility index (Phi) is 3.22. The van der Waals surface area contributed by atoms with Crippen LogP contribution in [-0.2, 0) is 10.8 Å². The van der Waals surface area contributed by atoms with Crippen LogP contribution in [0.1, 0.15) is 22.5 Å². The first-order chi connectivity index (χ1) is 9.20. The van der Waals surface area contributed by atoms with Gasteiger partial charge in [0.1, 0.15) is 12.2 Å². The van der Waals surface area contributed by atoms with E-state index in [0.29, 0.717) is 10.5 Å². The van der Waals surface area contributed by atoms with Gasteiger partial charge in [0.05, 0.1) is 16.0 Å². The molecule has 0 radical (unpaired) electrons. The van der Waals surface area contributed by atoms with E-state index in [0.717, 1.165) is 5.56 Å². The third-order valence-electron chi connectivity index (χ3n) is 3.46. The van der Waals surface area contributed by atoms with Crippen molar-refractivity contribution < 1.29 is 14.4 Å². The Morgan fingerprint density at radius 3 is 2.11 bits per heavy atom. The minimum absolute atomic E-state index is 0.575. The molecule has 19 heavy (non-hydrogen) atoms. The minimum atomic E-state index is -1.38. The molecule has 0 saturated heterocycles. The van der Waals surface area contributed by atoms with E-state index in [4.69, 9.17) is 0 Å². The van der Waals surface area contributed by atoms with Gasteiger partial charge in [-0.2, -0.15) is 0 Å².